The van der Waals surface area contributed by atoms with Gasteiger partial charge in [0.05, 0.1) is 0 Å². The molecule has 0 radical (unpaired) electrons. The van der Waals surface area contributed by atoms with E-state index in [1.165, 1.54) is 5.56 Å². The van der Waals surface area contributed by atoms with Crippen molar-refractivity contribution in [3.05, 3.63) is 64.7 Å². The number of halogens is 1. The summed E-state index contributed by atoms with van der Waals surface area (Å²) in [5, 5.41) is 3.54. The highest BCUT2D eigenvalue weighted by atomic mass is 35.5. The lowest BCUT2D eigenvalue weighted by atomic mass is 10.0. The molecule has 150 valence electrons. The first kappa shape index (κ1) is 20.6. The van der Waals surface area contributed by atoms with Crippen molar-refractivity contribution in [2.24, 2.45) is 5.73 Å². The van der Waals surface area contributed by atoms with Crippen LogP contribution in [-0.4, -0.2) is 29.8 Å². The second-order valence-corrected chi connectivity index (χ2v) is 8.13. The van der Waals surface area contributed by atoms with Crippen molar-refractivity contribution in [1.29, 1.82) is 0 Å². The fourth-order valence-electron chi connectivity index (χ4n) is 3.34. The van der Waals surface area contributed by atoms with Crippen LogP contribution >= 0.6 is 11.6 Å². The summed E-state index contributed by atoms with van der Waals surface area (Å²) in [6, 6.07) is 15.6. The van der Waals surface area contributed by atoms with Gasteiger partial charge in [-0.05, 0) is 35.2 Å². The Hall–Kier alpha value is -2.08. The van der Waals surface area contributed by atoms with Gasteiger partial charge in [-0.25, -0.2) is 4.79 Å². The second-order valence-electron chi connectivity index (χ2n) is 7.72. The summed E-state index contributed by atoms with van der Waals surface area (Å²) < 4.78 is 5.56. The summed E-state index contributed by atoms with van der Waals surface area (Å²) in [6.07, 6.45) is 0.647. The van der Waals surface area contributed by atoms with Gasteiger partial charge in [0.15, 0.2) is 5.72 Å². The van der Waals surface area contributed by atoms with Crippen molar-refractivity contribution < 1.29 is 9.53 Å². The van der Waals surface area contributed by atoms with Crippen molar-refractivity contribution in [2.45, 2.75) is 44.9 Å². The van der Waals surface area contributed by atoms with Crippen molar-refractivity contribution in [2.75, 3.05) is 18.4 Å². The molecular weight excluding hydrogens is 374 g/mol. The molecule has 0 unspecified atom stereocenters. The van der Waals surface area contributed by atoms with E-state index in [2.05, 4.69) is 24.1 Å². The van der Waals surface area contributed by atoms with Crippen LogP contribution in [0, 0.1) is 0 Å². The molecule has 1 aliphatic rings. The van der Waals surface area contributed by atoms with E-state index in [4.69, 9.17) is 22.1 Å². The molecule has 2 aromatic rings. The van der Waals surface area contributed by atoms with E-state index < -0.39 is 11.8 Å². The minimum Gasteiger partial charge on any atom is -0.428 e. The van der Waals surface area contributed by atoms with Gasteiger partial charge in [0.1, 0.15) is 0 Å². The van der Waals surface area contributed by atoms with Crippen LogP contribution in [0.5, 0.6) is 0 Å². The third kappa shape index (κ3) is 5.47. The smallest absolute Gasteiger partial charge is 0.413 e. The molecule has 0 aromatic heterocycles. The van der Waals surface area contributed by atoms with Gasteiger partial charge in [0.25, 0.3) is 0 Å². The van der Waals surface area contributed by atoms with Crippen LogP contribution in [-0.2, 0) is 11.3 Å². The van der Waals surface area contributed by atoms with E-state index in [9.17, 15) is 4.79 Å². The molecule has 0 spiro atoms. The number of nitrogens with two attached hydrogens (primary N) is 1. The van der Waals surface area contributed by atoms with Crippen LogP contribution in [0.4, 0.5) is 10.5 Å². The molecule has 1 fully saturated rings. The molecular formula is C22H28ClN3O2. The lowest BCUT2D eigenvalue weighted by molar-refractivity contribution is -0.0268. The average molecular weight is 402 g/mol. The van der Waals surface area contributed by atoms with E-state index in [0.717, 1.165) is 30.2 Å². The number of hydrogen-bond acceptors (Lipinski definition) is 4. The Bertz CT molecular complexity index is 800. The van der Waals surface area contributed by atoms with Gasteiger partial charge in [0.2, 0.25) is 0 Å². The van der Waals surface area contributed by atoms with Crippen molar-refractivity contribution in [3.8, 4) is 0 Å². The molecule has 2 aromatic carbocycles. The quantitative estimate of drug-likeness (QED) is 0.694. The SMILES string of the molecule is CC(C)c1ccc(NC(=O)OC2(N)CCN(Cc3ccccc3Cl)CC2)cc1. The maximum atomic E-state index is 12.3. The standard InChI is InChI=1S/C22H28ClN3O2/c1-16(2)17-7-9-19(10-8-17)25-21(27)28-22(24)11-13-26(14-12-22)15-18-5-3-4-6-20(18)23/h3-10,16H,11-15,24H2,1-2H3,(H,25,27). The molecule has 0 saturated carbocycles. The summed E-state index contributed by atoms with van der Waals surface area (Å²) in [5.41, 5.74) is 8.40. The fraction of sp³-hybridized carbons (Fsp3) is 0.409. The first-order valence-corrected chi connectivity index (χ1v) is 10.1. The van der Waals surface area contributed by atoms with Crippen molar-refractivity contribution in [3.63, 3.8) is 0 Å². The van der Waals surface area contributed by atoms with Gasteiger partial charge in [-0.1, -0.05) is 55.8 Å². The van der Waals surface area contributed by atoms with E-state index in [0.29, 0.717) is 24.4 Å². The van der Waals surface area contributed by atoms with E-state index in [1.54, 1.807) is 0 Å². The molecule has 0 bridgehead atoms. The Labute approximate surface area is 171 Å². The van der Waals surface area contributed by atoms with Gasteiger partial charge in [-0.3, -0.25) is 16.0 Å². The van der Waals surface area contributed by atoms with E-state index in [-0.39, 0.29) is 0 Å². The molecule has 3 N–H and O–H groups in total. The Morgan fingerprint density at radius 1 is 1.18 bits per heavy atom. The van der Waals surface area contributed by atoms with Crippen molar-refractivity contribution in [1.82, 2.24) is 4.90 Å². The largest absolute Gasteiger partial charge is 0.428 e. The molecule has 1 heterocycles. The van der Waals surface area contributed by atoms with Gasteiger partial charge >= 0.3 is 6.09 Å². The number of benzene rings is 2. The number of carbonyl (C=O) groups excluding carboxylic acids is 1. The van der Waals surface area contributed by atoms with Crippen LogP contribution < -0.4 is 11.1 Å². The molecule has 0 aliphatic carbocycles. The summed E-state index contributed by atoms with van der Waals surface area (Å²) in [6.45, 7) is 6.53. The zero-order valence-electron chi connectivity index (χ0n) is 16.5. The molecule has 1 amide bonds. The van der Waals surface area contributed by atoms with Crippen molar-refractivity contribution >= 4 is 23.4 Å². The first-order valence-electron chi connectivity index (χ1n) is 9.69. The third-order valence-electron chi connectivity index (χ3n) is 5.17. The van der Waals surface area contributed by atoms with E-state index >= 15 is 0 Å². The van der Waals surface area contributed by atoms with Gasteiger partial charge < -0.3 is 4.74 Å². The Balaban J connectivity index is 1.49. The number of hydrogen-bond donors (Lipinski definition) is 2. The molecule has 0 atom stereocenters. The fourth-order valence-corrected chi connectivity index (χ4v) is 3.53. The second kappa shape index (κ2) is 8.95. The summed E-state index contributed by atoms with van der Waals surface area (Å²) >= 11 is 6.24. The number of rotatable bonds is 5. The minimum absolute atomic E-state index is 0.448. The minimum atomic E-state index is -0.945. The highest BCUT2D eigenvalue weighted by molar-refractivity contribution is 6.31. The number of amides is 1. The number of piperidine rings is 1. The molecule has 28 heavy (non-hydrogen) atoms. The van der Waals surface area contributed by atoms with Gasteiger partial charge in [-0.15, -0.1) is 0 Å². The van der Waals surface area contributed by atoms with Crippen LogP contribution in [0.1, 0.15) is 43.7 Å². The molecule has 3 rings (SSSR count). The summed E-state index contributed by atoms with van der Waals surface area (Å²) in [4.78, 5) is 14.6. The monoisotopic (exact) mass is 401 g/mol. The highest BCUT2D eigenvalue weighted by Crippen LogP contribution is 2.25. The Kier molecular flexibility index (Phi) is 6.60. The van der Waals surface area contributed by atoms with Crippen LogP contribution in [0.25, 0.3) is 0 Å². The number of carbonyl (C=O) groups is 1. The maximum Gasteiger partial charge on any atom is 0.413 e. The number of nitrogens with zero attached hydrogens (tertiary/aromatic N) is 1. The third-order valence-corrected chi connectivity index (χ3v) is 5.54. The lowest BCUT2D eigenvalue weighted by Crippen LogP contribution is -2.53. The highest BCUT2D eigenvalue weighted by Gasteiger charge is 2.34. The topological polar surface area (TPSA) is 67.6 Å². The number of likely N-dealkylation sites (tertiary alicyclic amines) is 1. The molecule has 1 aliphatic heterocycles. The first-order chi connectivity index (χ1) is 13.3. The summed E-state index contributed by atoms with van der Waals surface area (Å²) in [7, 11) is 0. The van der Waals surface area contributed by atoms with Crippen LogP contribution in [0.2, 0.25) is 5.02 Å². The van der Waals surface area contributed by atoms with E-state index in [1.807, 2.05) is 48.5 Å². The number of anilines is 1. The van der Waals surface area contributed by atoms with Gasteiger partial charge in [-0.2, -0.15) is 0 Å². The Morgan fingerprint density at radius 3 is 2.43 bits per heavy atom. The van der Waals surface area contributed by atoms with Crippen LogP contribution in [0.3, 0.4) is 0 Å². The predicted octanol–water partition coefficient (Wildman–Crippen LogP) is 4.96. The number of ether oxygens (including phenoxy) is 1. The van der Waals surface area contributed by atoms with Gasteiger partial charge in [0, 0.05) is 43.2 Å². The summed E-state index contributed by atoms with van der Waals surface area (Å²) in [5.74, 6) is 0.448. The Morgan fingerprint density at radius 2 is 1.82 bits per heavy atom. The lowest BCUT2D eigenvalue weighted by Gasteiger charge is -2.38. The number of nitrogens with one attached hydrogen (secondary N) is 1. The predicted molar refractivity (Wildman–Crippen MR) is 114 cm³/mol. The maximum absolute atomic E-state index is 12.3. The molecule has 6 heteroatoms. The zero-order chi connectivity index (χ0) is 20.1. The zero-order valence-corrected chi connectivity index (χ0v) is 17.2. The van der Waals surface area contributed by atoms with Crippen LogP contribution in [0.15, 0.2) is 48.5 Å². The average Bonchev–Trinajstić information content (AvgIpc) is 2.65. The normalized spacial score (nSPS) is 16.8. The molecule has 1 saturated heterocycles. The molecule has 5 nitrogen and oxygen atoms in total.